The van der Waals surface area contributed by atoms with Gasteiger partial charge in [-0.25, -0.2) is 0 Å². The predicted octanol–water partition coefficient (Wildman–Crippen LogP) is 1.98. The number of amides is 1. The third kappa shape index (κ3) is 5.54. The molecule has 1 rings (SSSR count). The number of nitrogens with zero attached hydrogens (tertiary/aromatic N) is 2. The highest BCUT2D eigenvalue weighted by molar-refractivity contribution is 7.99. The van der Waals surface area contributed by atoms with Gasteiger partial charge in [0.15, 0.2) is 0 Å². The van der Waals surface area contributed by atoms with E-state index in [0.29, 0.717) is 12.3 Å². The van der Waals surface area contributed by atoms with E-state index in [2.05, 4.69) is 29.2 Å². The first-order valence-corrected chi connectivity index (χ1v) is 8.22. The minimum Gasteiger partial charge on any atom is -0.361 e. The Labute approximate surface area is 125 Å². The molecule has 0 aliphatic rings. The number of thioether (sulfide) groups is 1. The Hall–Kier alpha value is -1.01. The molecule has 114 valence electrons. The number of carbonyl (C=O) groups is 1. The molecule has 1 amide bonds. The molecule has 1 aromatic heterocycles. The summed E-state index contributed by atoms with van der Waals surface area (Å²) in [6, 6.07) is 0. The molecule has 20 heavy (non-hydrogen) atoms. The molecular formula is C14H25N3O2S. The lowest BCUT2D eigenvalue weighted by atomic mass is 10.2. The summed E-state index contributed by atoms with van der Waals surface area (Å²) in [4.78, 5) is 14.0. The number of rotatable bonds is 9. The second-order valence-corrected chi connectivity index (χ2v) is 5.66. The van der Waals surface area contributed by atoms with Crippen LogP contribution in [0.2, 0.25) is 0 Å². The second-order valence-electron chi connectivity index (χ2n) is 4.67. The number of aryl methyl sites for hydroxylation is 2. The molecule has 0 spiro atoms. The van der Waals surface area contributed by atoms with Crippen LogP contribution in [0.5, 0.6) is 0 Å². The van der Waals surface area contributed by atoms with Crippen LogP contribution in [0.1, 0.15) is 30.9 Å². The number of hydrogen-bond donors (Lipinski definition) is 1. The molecule has 1 N–H and O–H groups in total. The molecule has 0 atom stereocenters. The lowest BCUT2D eigenvalue weighted by Gasteiger charge is -2.17. The minimum atomic E-state index is 0.0916. The summed E-state index contributed by atoms with van der Waals surface area (Å²) in [6.45, 7) is 11.8. The van der Waals surface area contributed by atoms with Crippen LogP contribution < -0.4 is 5.32 Å². The van der Waals surface area contributed by atoms with Gasteiger partial charge >= 0.3 is 0 Å². The summed E-state index contributed by atoms with van der Waals surface area (Å²) < 4.78 is 5.10. The van der Waals surface area contributed by atoms with Gasteiger partial charge < -0.3 is 14.7 Å². The van der Waals surface area contributed by atoms with Gasteiger partial charge in [-0.05, 0) is 26.9 Å². The lowest BCUT2D eigenvalue weighted by molar-refractivity contribution is -0.118. The highest BCUT2D eigenvalue weighted by atomic mass is 32.2. The van der Waals surface area contributed by atoms with E-state index in [1.807, 2.05) is 13.8 Å². The first kappa shape index (κ1) is 17.0. The standard InChI is InChI=1S/C14H25N3O2S/c1-5-17(6-2)8-7-15-14(18)10-20-9-13-11(3)16-19-12(13)4/h5-10H2,1-4H3,(H,15,18). The Morgan fingerprint density at radius 1 is 1.35 bits per heavy atom. The van der Waals surface area contributed by atoms with Gasteiger partial charge in [0.1, 0.15) is 5.76 Å². The summed E-state index contributed by atoms with van der Waals surface area (Å²) in [5.41, 5.74) is 2.02. The molecule has 0 aliphatic heterocycles. The maximum absolute atomic E-state index is 11.7. The summed E-state index contributed by atoms with van der Waals surface area (Å²) in [6.07, 6.45) is 0. The Balaban J connectivity index is 2.17. The van der Waals surface area contributed by atoms with Crippen molar-refractivity contribution in [3.8, 4) is 0 Å². The van der Waals surface area contributed by atoms with Crippen LogP contribution >= 0.6 is 11.8 Å². The van der Waals surface area contributed by atoms with Crippen molar-refractivity contribution in [3.05, 3.63) is 17.0 Å². The maximum Gasteiger partial charge on any atom is 0.230 e. The van der Waals surface area contributed by atoms with Crippen LogP contribution in [0.25, 0.3) is 0 Å². The molecule has 0 aromatic carbocycles. The van der Waals surface area contributed by atoms with Gasteiger partial charge in [-0.3, -0.25) is 4.79 Å². The highest BCUT2D eigenvalue weighted by Gasteiger charge is 2.10. The lowest BCUT2D eigenvalue weighted by Crippen LogP contribution is -2.35. The smallest absolute Gasteiger partial charge is 0.230 e. The fraction of sp³-hybridized carbons (Fsp3) is 0.714. The van der Waals surface area contributed by atoms with Crippen LogP contribution in [0.15, 0.2) is 4.52 Å². The molecule has 0 saturated heterocycles. The highest BCUT2D eigenvalue weighted by Crippen LogP contribution is 2.19. The van der Waals surface area contributed by atoms with E-state index in [1.54, 1.807) is 11.8 Å². The van der Waals surface area contributed by atoms with Crippen molar-refractivity contribution in [3.63, 3.8) is 0 Å². The Kier molecular flexibility index (Phi) is 7.69. The number of hydrogen-bond acceptors (Lipinski definition) is 5. The molecule has 0 radical (unpaired) electrons. The van der Waals surface area contributed by atoms with E-state index in [-0.39, 0.29) is 5.91 Å². The van der Waals surface area contributed by atoms with E-state index in [4.69, 9.17) is 4.52 Å². The fourth-order valence-corrected chi connectivity index (χ4v) is 2.90. The number of nitrogens with one attached hydrogen (secondary N) is 1. The van der Waals surface area contributed by atoms with Crippen molar-refractivity contribution in [2.24, 2.45) is 0 Å². The third-order valence-corrected chi connectivity index (χ3v) is 4.26. The monoisotopic (exact) mass is 299 g/mol. The average molecular weight is 299 g/mol. The van der Waals surface area contributed by atoms with Crippen LogP contribution in [-0.4, -0.2) is 47.9 Å². The average Bonchev–Trinajstić information content (AvgIpc) is 2.75. The Bertz CT molecular complexity index is 397. The number of aromatic nitrogens is 1. The van der Waals surface area contributed by atoms with Crippen molar-refractivity contribution in [2.45, 2.75) is 33.4 Å². The second kappa shape index (κ2) is 9.02. The van der Waals surface area contributed by atoms with Crippen LogP contribution in [-0.2, 0) is 10.5 Å². The van der Waals surface area contributed by atoms with Crippen molar-refractivity contribution >= 4 is 17.7 Å². The molecule has 0 saturated carbocycles. The zero-order valence-electron chi connectivity index (χ0n) is 12.9. The molecule has 1 aromatic rings. The van der Waals surface area contributed by atoms with Gasteiger partial charge in [0, 0.05) is 24.4 Å². The molecule has 0 aliphatic carbocycles. The van der Waals surface area contributed by atoms with Crippen molar-refractivity contribution < 1.29 is 9.32 Å². The van der Waals surface area contributed by atoms with E-state index >= 15 is 0 Å². The molecule has 6 heteroatoms. The van der Waals surface area contributed by atoms with Gasteiger partial charge in [0.2, 0.25) is 5.91 Å². The molecule has 0 bridgehead atoms. The molecule has 0 unspecified atom stereocenters. The van der Waals surface area contributed by atoms with Crippen molar-refractivity contribution in [1.82, 2.24) is 15.4 Å². The molecule has 0 fully saturated rings. The van der Waals surface area contributed by atoms with Crippen LogP contribution in [0.3, 0.4) is 0 Å². The van der Waals surface area contributed by atoms with Crippen LogP contribution in [0.4, 0.5) is 0 Å². The Morgan fingerprint density at radius 2 is 2.05 bits per heavy atom. The van der Waals surface area contributed by atoms with E-state index in [0.717, 1.165) is 42.4 Å². The molecule has 5 nitrogen and oxygen atoms in total. The number of likely N-dealkylation sites (N-methyl/N-ethyl adjacent to an activating group) is 1. The van der Waals surface area contributed by atoms with E-state index in [1.165, 1.54) is 0 Å². The van der Waals surface area contributed by atoms with Crippen LogP contribution in [0, 0.1) is 13.8 Å². The molecular weight excluding hydrogens is 274 g/mol. The van der Waals surface area contributed by atoms with E-state index in [9.17, 15) is 4.79 Å². The van der Waals surface area contributed by atoms with Gasteiger partial charge in [-0.1, -0.05) is 19.0 Å². The number of carbonyl (C=O) groups excluding carboxylic acids is 1. The zero-order chi connectivity index (χ0) is 15.0. The predicted molar refractivity (Wildman–Crippen MR) is 82.9 cm³/mol. The topological polar surface area (TPSA) is 58.4 Å². The van der Waals surface area contributed by atoms with Crippen molar-refractivity contribution in [2.75, 3.05) is 31.9 Å². The largest absolute Gasteiger partial charge is 0.361 e. The van der Waals surface area contributed by atoms with Gasteiger partial charge in [-0.2, -0.15) is 0 Å². The van der Waals surface area contributed by atoms with E-state index < -0.39 is 0 Å². The van der Waals surface area contributed by atoms with Gasteiger partial charge in [0.25, 0.3) is 0 Å². The summed E-state index contributed by atoms with van der Waals surface area (Å²) in [7, 11) is 0. The SMILES string of the molecule is CCN(CC)CCNC(=O)CSCc1c(C)noc1C. The summed E-state index contributed by atoms with van der Waals surface area (Å²) in [5.74, 6) is 2.18. The first-order valence-electron chi connectivity index (χ1n) is 7.07. The van der Waals surface area contributed by atoms with Gasteiger partial charge in [0.05, 0.1) is 11.4 Å². The third-order valence-electron chi connectivity index (χ3n) is 3.31. The maximum atomic E-state index is 11.7. The van der Waals surface area contributed by atoms with Crippen molar-refractivity contribution in [1.29, 1.82) is 0 Å². The summed E-state index contributed by atoms with van der Waals surface area (Å²) in [5, 5.41) is 6.86. The quantitative estimate of drug-likeness (QED) is 0.755. The fourth-order valence-electron chi connectivity index (χ4n) is 1.90. The first-order chi connectivity index (χ1) is 9.58. The molecule has 1 heterocycles. The Morgan fingerprint density at radius 3 is 2.60 bits per heavy atom. The minimum absolute atomic E-state index is 0.0916. The normalized spacial score (nSPS) is 11.1. The zero-order valence-corrected chi connectivity index (χ0v) is 13.7. The summed E-state index contributed by atoms with van der Waals surface area (Å²) >= 11 is 1.59. The van der Waals surface area contributed by atoms with Gasteiger partial charge in [-0.15, -0.1) is 11.8 Å².